The minimum atomic E-state index is -4.29. The molecule has 0 bridgehead atoms. The molecule has 1 N–H and O–H groups in total. The van der Waals surface area contributed by atoms with Crippen LogP contribution in [-0.2, 0) is 6.18 Å². The van der Waals surface area contributed by atoms with Crippen molar-refractivity contribution in [3.8, 4) is 0 Å². The van der Waals surface area contributed by atoms with E-state index in [4.69, 9.17) is 0 Å². The summed E-state index contributed by atoms with van der Waals surface area (Å²) in [6, 6.07) is 4.20. The van der Waals surface area contributed by atoms with Crippen LogP contribution in [0.2, 0.25) is 0 Å². The average Bonchev–Trinajstić information content (AvgIpc) is 2.33. The van der Waals surface area contributed by atoms with Gasteiger partial charge in [-0.3, -0.25) is 0 Å². The molecule has 0 atom stereocenters. The van der Waals surface area contributed by atoms with Gasteiger partial charge in [0.05, 0.1) is 22.5 Å². The SMILES string of the molecule is CC(C)N1c2cc(C(F)(F)F)ccc2NCC12CCC2. The molecule has 1 saturated carbocycles. The quantitative estimate of drug-likeness (QED) is 0.828. The van der Waals surface area contributed by atoms with Gasteiger partial charge in [0.2, 0.25) is 0 Å². The lowest BCUT2D eigenvalue weighted by molar-refractivity contribution is -0.137. The second kappa shape index (κ2) is 4.30. The number of benzene rings is 1. The first-order valence-corrected chi connectivity index (χ1v) is 7.08. The summed E-state index contributed by atoms with van der Waals surface area (Å²) in [6.07, 6.45) is -1.04. The monoisotopic (exact) mass is 284 g/mol. The third-order valence-corrected chi connectivity index (χ3v) is 4.50. The summed E-state index contributed by atoms with van der Waals surface area (Å²) in [5.41, 5.74) is 0.941. The molecule has 0 amide bonds. The average molecular weight is 284 g/mol. The van der Waals surface area contributed by atoms with Crippen molar-refractivity contribution in [3.05, 3.63) is 23.8 Å². The van der Waals surface area contributed by atoms with Crippen LogP contribution < -0.4 is 10.2 Å². The topological polar surface area (TPSA) is 15.3 Å². The second-order valence-electron chi connectivity index (χ2n) is 6.12. The molecule has 20 heavy (non-hydrogen) atoms. The van der Waals surface area contributed by atoms with Gasteiger partial charge in [-0.25, -0.2) is 0 Å². The summed E-state index contributed by atoms with van der Waals surface area (Å²) in [6.45, 7) is 4.93. The van der Waals surface area contributed by atoms with Crippen molar-refractivity contribution in [1.82, 2.24) is 0 Å². The number of hydrogen-bond donors (Lipinski definition) is 1. The first kappa shape index (κ1) is 13.6. The van der Waals surface area contributed by atoms with E-state index in [1.165, 1.54) is 6.07 Å². The first-order chi connectivity index (χ1) is 9.33. The maximum absolute atomic E-state index is 12.9. The van der Waals surface area contributed by atoms with Gasteiger partial charge in [0, 0.05) is 12.6 Å². The highest BCUT2D eigenvalue weighted by Gasteiger charge is 2.47. The number of rotatable bonds is 1. The van der Waals surface area contributed by atoms with Crippen molar-refractivity contribution < 1.29 is 13.2 Å². The fourth-order valence-corrected chi connectivity index (χ4v) is 3.49. The van der Waals surface area contributed by atoms with Crippen molar-refractivity contribution >= 4 is 11.4 Å². The van der Waals surface area contributed by atoms with E-state index >= 15 is 0 Å². The number of nitrogens with zero attached hydrogens (tertiary/aromatic N) is 1. The Hall–Kier alpha value is -1.39. The number of anilines is 2. The molecule has 1 aliphatic carbocycles. The molecule has 0 radical (unpaired) electrons. The largest absolute Gasteiger partial charge is 0.416 e. The molecule has 0 unspecified atom stereocenters. The van der Waals surface area contributed by atoms with Crippen molar-refractivity contribution in [2.75, 3.05) is 16.8 Å². The summed E-state index contributed by atoms with van der Waals surface area (Å²) in [7, 11) is 0. The minimum absolute atomic E-state index is 0.00535. The van der Waals surface area contributed by atoms with Gasteiger partial charge in [-0.15, -0.1) is 0 Å². The van der Waals surface area contributed by atoms with Crippen molar-refractivity contribution in [2.45, 2.75) is 50.9 Å². The zero-order valence-corrected chi connectivity index (χ0v) is 11.7. The van der Waals surface area contributed by atoms with E-state index in [1.54, 1.807) is 6.07 Å². The molecule has 0 saturated heterocycles. The van der Waals surface area contributed by atoms with E-state index in [1.807, 2.05) is 0 Å². The third kappa shape index (κ3) is 1.95. The van der Waals surface area contributed by atoms with E-state index in [0.717, 1.165) is 37.6 Å². The lowest BCUT2D eigenvalue weighted by Crippen LogP contribution is -2.62. The molecule has 1 heterocycles. The highest BCUT2D eigenvalue weighted by Crippen LogP contribution is 2.48. The molecule has 110 valence electrons. The van der Waals surface area contributed by atoms with Gasteiger partial charge in [-0.2, -0.15) is 13.2 Å². The Balaban J connectivity index is 2.08. The summed E-state index contributed by atoms with van der Waals surface area (Å²) < 4.78 is 38.8. The molecule has 1 spiro atoms. The van der Waals surface area contributed by atoms with Crippen LogP contribution in [0.3, 0.4) is 0 Å². The van der Waals surface area contributed by atoms with Crippen LogP contribution in [0.25, 0.3) is 0 Å². The molecular formula is C15H19F3N2. The van der Waals surface area contributed by atoms with Crippen molar-refractivity contribution in [3.63, 3.8) is 0 Å². The molecule has 2 aliphatic rings. The summed E-state index contributed by atoms with van der Waals surface area (Å²) in [5.74, 6) is 0. The van der Waals surface area contributed by atoms with Crippen LogP contribution in [0.1, 0.15) is 38.7 Å². The summed E-state index contributed by atoms with van der Waals surface area (Å²) in [5, 5.41) is 3.31. The van der Waals surface area contributed by atoms with Crippen molar-refractivity contribution in [2.24, 2.45) is 0 Å². The number of halogens is 3. The molecule has 2 nitrogen and oxygen atoms in total. The summed E-state index contributed by atoms with van der Waals surface area (Å²) in [4.78, 5) is 2.19. The Morgan fingerprint density at radius 3 is 2.45 bits per heavy atom. The maximum Gasteiger partial charge on any atom is 0.416 e. The van der Waals surface area contributed by atoms with Gasteiger partial charge in [-0.05, 0) is 51.3 Å². The molecule has 1 aliphatic heterocycles. The molecule has 1 aromatic carbocycles. The Morgan fingerprint density at radius 1 is 1.25 bits per heavy atom. The van der Waals surface area contributed by atoms with Crippen LogP contribution in [0, 0.1) is 0 Å². The van der Waals surface area contributed by atoms with E-state index in [2.05, 4.69) is 24.1 Å². The van der Waals surface area contributed by atoms with Gasteiger partial charge in [0.1, 0.15) is 0 Å². The normalized spacial score (nSPS) is 20.6. The maximum atomic E-state index is 12.9. The Morgan fingerprint density at radius 2 is 1.95 bits per heavy atom. The highest BCUT2D eigenvalue weighted by molar-refractivity contribution is 5.75. The predicted octanol–water partition coefficient (Wildman–Crippen LogP) is 4.27. The van der Waals surface area contributed by atoms with Crippen LogP contribution in [0.4, 0.5) is 24.5 Å². The lowest BCUT2D eigenvalue weighted by atomic mass is 9.73. The number of nitrogens with one attached hydrogen (secondary N) is 1. The molecule has 3 rings (SSSR count). The molecule has 1 fully saturated rings. The number of fused-ring (bicyclic) bond motifs is 1. The number of hydrogen-bond acceptors (Lipinski definition) is 2. The Bertz CT molecular complexity index is 518. The molecule has 0 aromatic heterocycles. The fourth-order valence-electron chi connectivity index (χ4n) is 3.49. The Labute approximate surface area is 117 Å². The fraction of sp³-hybridized carbons (Fsp3) is 0.600. The van der Waals surface area contributed by atoms with E-state index in [-0.39, 0.29) is 11.6 Å². The van der Waals surface area contributed by atoms with Gasteiger partial charge in [0.25, 0.3) is 0 Å². The van der Waals surface area contributed by atoms with Crippen LogP contribution in [0.15, 0.2) is 18.2 Å². The molecular weight excluding hydrogens is 265 g/mol. The standard InChI is InChI=1S/C15H19F3N2/c1-10(2)20-13-8-11(15(16,17)18)4-5-12(13)19-9-14(20)6-3-7-14/h4-5,8,10,19H,3,6-7,9H2,1-2H3. The lowest BCUT2D eigenvalue weighted by Gasteiger charge is -2.56. The van der Waals surface area contributed by atoms with Gasteiger partial charge in [0.15, 0.2) is 0 Å². The van der Waals surface area contributed by atoms with E-state index in [0.29, 0.717) is 5.69 Å². The van der Waals surface area contributed by atoms with E-state index < -0.39 is 11.7 Å². The third-order valence-electron chi connectivity index (χ3n) is 4.50. The highest BCUT2D eigenvalue weighted by atomic mass is 19.4. The molecule has 5 heteroatoms. The zero-order valence-electron chi connectivity index (χ0n) is 11.7. The van der Waals surface area contributed by atoms with Gasteiger partial charge < -0.3 is 10.2 Å². The van der Waals surface area contributed by atoms with Crippen LogP contribution >= 0.6 is 0 Å². The number of alkyl halides is 3. The van der Waals surface area contributed by atoms with Crippen LogP contribution in [0.5, 0.6) is 0 Å². The molecule has 1 aromatic rings. The summed E-state index contributed by atoms with van der Waals surface area (Å²) >= 11 is 0. The Kier molecular flexibility index (Phi) is 2.92. The van der Waals surface area contributed by atoms with Crippen LogP contribution in [-0.4, -0.2) is 18.1 Å². The predicted molar refractivity (Wildman–Crippen MR) is 74.1 cm³/mol. The minimum Gasteiger partial charge on any atom is -0.381 e. The first-order valence-electron chi connectivity index (χ1n) is 7.08. The van der Waals surface area contributed by atoms with E-state index in [9.17, 15) is 13.2 Å². The smallest absolute Gasteiger partial charge is 0.381 e. The zero-order chi connectivity index (χ0) is 14.5. The van der Waals surface area contributed by atoms with Gasteiger partial charge >= 0.3 is 6.18 Å². The van der Waals surface area contributed by atoms with Gasteiger partial charge in [-0.1, -0.05) is 0 Å². The van der Waals surface area contributed by atoms with Crippen molar-refractivity contribution in [1.29, 1.82) is 0 Å². The second-order valence-corrected chi connectivity index (χ2v) is 6.12.